The normalized spacial score (nSPS) is 30.2. The Bertz CT molecular complexity index is 538. The van der Waals surface area contributed by atoms with Crippen molar-refractivity contribution in [2.45, 2.75) is 37.3 Å². The van der Waals surface area contributed by atoms with E-state index < -0.39 is 17.6 Å². The molecule has 1 aliphatic carbocycles. The first kappa shape index (κ1) is 12.2. The van der Waals surface area contributed by atoms with Crippen LogP contribution < -0.4 is 5.32 Å². The summed E-state index contributed by atoms with van der Waals surface area (Å²) >= 11 is 0. The van der Waals surface area contributed by atoms with E-state index in [-0.39, 0.29) is 0 Å². The number of carboxylic acid groups (broad SMARTS) is 1. The molecule has 1 aromatic carbocycles. The van der Waals surface area contributed by atoms with Crippen LogP contribution in [0.4, 0.5) is 0 Å². The third-order valence-corrected chi connectivity index (χ3v) is 4.20. The summed E-state index contributed by atoms with van der Waals surface area (Å²) < 4.78 is 0. The zero-order valence-corrected chi connectivity index (χ0v) is 10.6. The number of nitrogens with one attached hydrogen (secondary N) is 1. The number of aliphatic carboxylic acids is 1. The van der Waals surface area contributed by atoms with Gasteiger partial charge in [-0.2, -0.15) is 0 Å². The molecule has 1 unspecified atom stereocenters. The third-order valence-electron chi connectivity index (χ3n) is 4.20. The minimum Gasteiger partial charge on any atom is -0.510 e. The van der Waals surface area contributed by atoms with Crippen LogP contribution in [0.2, 0.25) is 0 Å². The quantitative estimate of drug-likeness (QED) is 0.763. The van der Waals surface area contributed by atoms with Crippen molar-refractivity contribution in [1.82, 2.24) is 5.32 Å². The second-order valence-electron chi connectivity index (χ2n) is 5.39. The van der Waals surface area contributed by atoms with Gasteiger partial charge in [0.1, 0.15) is 11.3 Å². The molecule has 4 nitrogen and oxygen atoms in total. The van der Waals surface area contributed by atoms with Gasteiger partial charge in [0, 0.05) is 6.42 Å². The minimum atomic E-state index is -0.916. The van der Waals surface area contributed by atoms with Gasteiger partial charge in [-0.25, -0.2) is 0 Å². The lowest BCUT2D eigenvalue weighted by Crippen LogP contribution is -2.57. The van der Waals surface area contributed by atoms with Crippen LogP contribution in [0.15, 0.2) is 41.7 Å². The maximum absolute atomic E-state index is 11.6. The molecule has 0 spiro atoms. The molecule has 3 N–H and O–H groups in total. The van der Waals surface area contributed by atoms with Crippen molar-refractivity contribution in [3.05, 3.63) is 47.2 Å². The lowest BCUT2D eigenvalue weighted by molar-refractivity contribution is -0.146. The van der Waals surface area contributed by atoms with Crippen LogP contribution in [0.1, 0.15) is 37.3 Å². The number of carbonyl (C=O) groups is 1. The van der Waals surface area contributed by atoms with Crippen molar-refractivity contribution in [2.75, 3.05) is 0 Å². The summed E-state index contributed by atoms with van der Waals surface area (Å²) in [4.78, 5) is 11.6. The largest absolute Gasteiger partial charge is 0.510 e. The Morgan fingerprint density at radius 2 is 2.05 bits per heavy atom. The Labute approximate surface area is 111 Å². The molecule has 1 heterocycles. The van der Waals surface area contributed by atoms with Crippen molar-refractivity contribution in [1.29, 1.82) is 0 Å². The highest BCUT2D eigenvalue weighted by Crippen LogP contribution is 2.42. The van der Waals surface area contributed by atoms with Gasteiger partial charge in [-0.15, -0.1) is 0 Å². The molecule has 0 radical (unpaired) electrons. The first-order valence-corrected chi connectivity index (χ1v) is 6.59. The summed E-state index contributed by atoms with van der Waals surface area (Å²) in [6, 6.07) is 9.11. The van der Waals surface area contributed by atoms with Gasteiger partial charge in [0.2, 0.25) is 0 Å². The standard InChI is InChI=1S/C15H17NO3/c17-13-11-7-4-8-15(9-11,14(18)19)16-12(13)10-5-2-1-3-6-10/h1-3,5-6,12,16-17H,4,7-9H2,(H,18,19)/t12-,15?/m1/s1. The summed E-state index contributed by atoms with van der Waals surface area (Å²) in [5.41, 5.74) is 0.881. The van der Waals surface area contributed by atoms with Crippen LogP contribution in [0.3, 0.4) is 0 Å². The number of aliphatic hydroxyl groups excluding tert-OH is 1. The first-order chi connectivity index (χ1) is 9.12. The number of rotatable bonds is 2. The van der Waals surface area contributed by atoms with Gasteiger partial charge >= 0.3 is 5.97 Å². The summed E-state index contributed by atoms with van der Waals surface area (Å²) in [5, 5.41) is 23.0. The molecule has 4 heteroatoms. The number of aliphatic hydroxyl groups is 1. The van der Waals surface area contributed by atoms with Crippen LogP contribution >= 0.6 is 0 Å². The van der Waals surface area contributed by atoms with Crippen LogP contribution in [-0.4, -0.2) is 21.7 Å². The topological polar surface area (TPSA) is 69.6 Å². The van der Waals surface area contributed by atoms with Crippen molar-refractivity contribution in [2.24, 2.45) is 0 Å². The van der Waals surface area contributed by atoms with Crippen molar-refractivity contribution in [3.8, 4) is 0 Å². The molecule has 0 saturated heterocycles. The maximum Gasteiger partial charge on any atom is 0.324 e. The van der Waals surface area contributed by atoms with Gasteiger partial charge in [0.15, 0.2) is 0 Å². The first-order valence-electron chi connectivity index (χ1n) is 6.59. The second-order valence-corrected chi connectivity index (χ2v) is 5.39. The molecule has 2 aliphatic rings. The fourth-order valence-electron chi connectivity index (χ4n) is 3.17. The molecule has 19 heavy (non-hydrogen) atoms. The van der Waals surface area contributed by atoms with Gasteiger partial charge in [0.05, 0.1) is 6.04 Å². The molecule has 3 rings (SSSR count). The number of hydrogen-bond donors (Lipinski definition) is 3. The molecule has 1 fully saturated rings. The van der Waals surface area contributed by atoms with Crippen molar-refractivity contribution in [3.63, 3.8) is 0 Å². The number of benzene rings is 1. The molecule has 1 aromatic rings. The predicted molar refractivity (Wildman–Crippen MR) is 70.8 cm³/mol. The zero-order valence-electron chi connectivity index (χ0n) is 10.6. The number of hydrogen-bond acceptors (Lipinski definition) is 3. The molecule has 2 atom stereocenters. The summed E-state index contributed by atoms with van der Waals surface area (Å²) in [6.45, 7) is 0. The molecule has 0 amide bonds. The molecular formula is C15H17NO3. The van der Waals surface area contributed by atoms with Crippen molar-refractivity contribution >= 4 is 5.97 Å². The van der Waals surface area contributed by atoms with E-state index in [4.69, 9.17) is 0 Å². The average molecular weight is 259 g/mol. The third kappa shape index (κ3) is 1.92. The van der Waals surface area contributed by atoms with Crippen LogP contribution in [0.5, 0.6) is 0 Å². The molecule has 2 bridgehead atoms. The molecule has 1 aliphatic heterocycles. The fourth-order valence-corrected chi connectivity index (χ4v) is 3.17. The number of carboxylic acids is 1. The summed E-state index contributed by atoms with van der Waals surface area (Å²) in [6.07, 6.45) is 2.63. The van der Waals surface area contributed by atoms with Crippen LogP contribution in [0, 0.1) is 0 Å². The van der Waals surface area contributed by atoms with E-state index >= 15 is 0 Å². The van der Waals surface area contributed by atoms with Crippen LogP contribution in [-0.2, 0) is 4.79 Å². The second kappa shape index (κ2) is 4.38. The Balaban J connectivity index is 2.05. The van der Waals surface area contributed by atoms with Gasteiger partial charge in [-0.1, -0.05) is 30.3 Å². The zero-order chi connectivity index (χ0) is 13.5. The van der Waals surface area contributed by atoms with Gasteiger partial charge in [0.25, 0.3) is 0 Å². The fraction of sp³-hybridized carbons (Fsp3) is 0.400. The summed E-state index contributed by atoms with van der Waals surface area (Å²) in [7, 11) is 0. The molecular weight excluding hydrogens is 242 g/mol. The highest BCUT2D eigenvalue weighted by atomic mass is 16.4. The van der Waals surface area contributed by atoms with E-state index in [1.165, 1.54) is 0 Å². The molecule has 1 saturated carbocycles. The Kier molecular flexibility index (Phi) is 2.82. The monoisotopic (exact) mass is 259 g/mol. The Morgan fingerprint density at radius 3 is 2.74 bits per heavy atom. The van der Waals surface area contributed by atoms with Crippen LogP contribution in [0.25, 0.3) is 0 Å². The highest BCUT2D eigenvalue weighted by molar-refractivity contribution is 5.80. The van der Waals surface area contributed by atoms with E-state index in [1.54, 1.807) is 0 Å². The maximum atomic E-state index is 11.6. The average Bonchev–Trinajstić information content (AvgIpc) is 2.44. The van der Waals surface area contributed by atoms with Crippen molar-refractivity contribution < 1.29 is 15.0 Å². The lowest BCUT2D eigenvalue weighted by Gasteiger charge is -2.43. The Hall–Kier alpha value is -1.81. The molecule has 0 aromatic heterocycles. The Morgan fingerprint density at radius 1 is 1.32 bits per heavy atom. The molecule has 100 valence electrons. The predicted octanol–water partition coefficient (Wildman–Crippen LogP) is 2.54. The van der Waals surface area contributed by atoms with E-state index in [0.29, 0.717) is 18.6 Å². The van der Waals surface area contributed by atoms with Gasteiger partial charge < -0.3 is 10.2 Å². The lowest BCUT2D eigenvalue weighted by atomic mass is 9.73. The summed E-state index contributed by atoms with van der Waals surface area (Å²) in [5.74, 6) is -0.513. The SMILES string of the molecule is O=C(O)C12CCCC(=C(O)[C@@H](c3ccccc3)N1)C2. The smallest absolute Gasteiger partial charge is 0.324 e. The van der Waals surface area contributed by atoms with Gasteiger partial charge in [-0.3, -0.25) is 10.1 Å². The van der Waals surface area contributed by atoms with E-state index in [9.17, 15) is 15.0 Å². The van der Waals surface area contributed by atoms with Gasteiger partial charge in [-0.05, 0) is 30.4 Å². The van der Waals surface area contributed by atoms with E-state index in [2.05, 4.69) is 5.32 Å². The van der Waals surface area contributed by atoms with E-state index in [0.717, 1.165) is 24.0 Å². The van der Waals surface area contributed by atoms with E-state index in [1.807, 2.05) is 30.3 Å². The number of fused-ring (bicyclic) bond motifs is 2. The minimum absolute atomic E-state index is 0.308. The highest BCUT2D eigenvalue weighted by Gasteiger charge is 2.47.